The fourth-order valence-corrected chi connectivity index (χ4v) is 10.1. The average molecular weight is 1250 g/mol. The topological polar surface area (TPSA) is 211 Å². The largest absolute Gasteiger partial charge is 0.476 e. The van der Waals surface area contributed by atoms with E-state index in [1.165, 1.54) is 7.11 Å². The Balaban J connectivity index is 0.000000245. The number of anilines is 3. The predicted molar refractivity (Wildman–Crippen MR) is 293 cm³/mol. The minimum atomic E-state index is -1.05. The van der Waals surface area contributed by atoms with Crippen molar-refractivity contribution >= 4 is 116 Å². The molecule has 0 aliphatic carbocycles. The molecule has 0 unspecified atom stereocenters. The van der Waals surface area contributed by atoms with E-state index in [2.05, 4.69) is 25.8 Å². The van der Waals surface area contributed by atoms with E-state index in [0.717, 1.165) is 36.8 Å². The molecule has 3 amide bonds. The van der Waals surface area contributed by atoms with E-state index < -0.39 is 41.2 Å². The summed E-state index contributed by atoms with van der Waals surface area (Å²) in [6.45, 7) is 13.9. The molecule has 2 aliphatic rings. The second-order valence-electron chi connectivity index (χ2n) is 19.1. The normalized spacial score (nSPS) is 15.9. The fraction of sp³-hybridized carbons (Fsp3) is 0.420. The average Bonchev–Trinajstić information content (AvgIpc) is 3.81. The van der Waals surface area contributed by atoms with Crippen LogP contribution in [0.1, 0.15) is 110 Å². The van der Waals surface area contributed by atoms with Crippen LogP contribution in [0.3, 0.4) is 0 Å². The number of halogens is 4. The number of esters is 1. The Morgan fingerprint density at radius 3 is 1.56 bits per heavy atom. The molecular weight excluding hydrogens is 1200 g/mol. The third kappa shape index (κ3) is 15.1. The lowest BCUT2D eigenvalue weighted by molar-refractivity contribution is 0.0488. The van der Waals surface area contributed by atoms with Crippen molar-refractivity contribution in [2.45, 2.75) is 104 Å². The van der Waals surface area contributed by atoms with Crippen molar-refractivity contribution in [2.75, 3.05) is 48.4 Å². The highest BCUT2D eigenvalue weighted by molar-refractivity contribution is 14.1. The molecule has 72 heavy (non-hydrogen) atoms. The summed E-state index contributed by atoms with van der Waals surface area (Å²) in [5.74, 6) is -0.904. The maximum absolute atomic E-state index is 13.8. The molecule has 22 heteroatoms. The van der Waals surface area contributed by atoms with Crippen LogP contribution in [-0.2, 0) is 27.3 Å². The van der Waals surface area contributed by atoms with Gasteiger partial charge < -0.3 is 49.6 Å². The van der Waals surface area contributed by atoms with Gasteiger partial charge in [-0.25, -0.2) is 29.1 Å². The molecule has 18 nitrogen and oxygen atoms in total. The number of carbonyl (C=O) groups is 5. The number of benzene rings is 3. The first kappa shape index (κ1) is 56.0. The van der Waals surface area contributed by atoms with Crippen LogP contribution in [-0.4, -0.2) is 111 Å². The molecule has 4 N–H and O–H groups in total. The Labute approximate surface area is 456 Å². The van der Waals surface area contributed by atoms with E-state index in [0.29, 0.717) is 66.9 Å². The van der Waals surface area contributed by atoms with Crippen LogP contribution in [0.5, 0.6) is 0 Å². The molecule has 0 saturated carbocycles. The van der Waals surface area contributed by atoms with Crippen molar-refractivity contribution in [3.8, 4) is 0 Å². The van der Waals surface area contributed by atoms with Crippen LogP contribution < -0.4 is 25.8 Å². The summed E-state index contributed by atoms with van der Waals surface area (Å²) in [5.41, 5.74) is 1.45. The molecule has 2 aliphatic heterocycles. The number of alkyl carbamates (subject to hydrolysis) is 2. The van der Waals surface area contributed by atoms with Crippen molar-refractivity contribution in [1.29, 1.82) is 0 Å². The second-order valence-corrected chi connectivity index (χ2v) is 22.0. The fourth-order valence-electron chi connectivity index (χ4n) is 8.18. The zero-order chi connectivity index (χ0) is 52.5. The lowest BCUT2D eigenvalue weighted by atomic mass is 10.1. The van der Waals surface area contributed by atoms with Gasteiger partial charge in [0.15, 0.2) is 5.69 Å². The highest BCUT2D eigenvalue weighted by Crippen LogP contribution is 2.31. The molecule has 2 aromatic heterocycles. The number of aromatic nitrogens is 4. The summed E-state index contributed by atoms with van der Waals surface area (Å²) in [6, 6.07) is 21.1. The molecule has 386 valence electrons. The van der Waals surface area contributed by atoms with Crippen LogP contribution in [0.2, 0.25) is 10.0 Å². The molecule has 3 aromatic carbocycles. The van der Waals surface area contributed by atoms with Crippen LogP contribution in [0, 0.1) is 7.40 Å². The maximum atomic E-state index is 13.8. The minimum Gasteiger partial charge on any atom is -0.476 e. The number of hydrogen-bond donors (Lipinski definition) is 4. The maximum Gasteiger partial charge on any atom is 0.407 e. The number of aromatic carboxylic acids is 1. The number of carboxylic acid groups (broad SMARTS) is 1. The van der Waals surface area contributed by atoms with Crippen molar-refractivity contribution in [2.24, 2.45) is 0 Å². The minimum absolute atomic E-state index is 0.123. The van der Waals surface area contributed by atoms with E-state index >= 15 is 0 Å². The molecule has 4 heterocycles. The molecule has 2 atom stereocenters. The van der Waals surface area contributed by atoms with Gasteiger partial charge in [-0.3, -0.25) is 9.36 Å². The van der Waals surface area contributed by atoms with E-state index in [-0.39, 0.29) is 36.4 Å². The number of hydrogen-bond acceptors (Lipinski definition) is 12. The zero-order valence-corrected chi connectivity index (χ0v) is 46.9. The first-order valence-corrected chi connectivity index (χ1v) is 26.1. The van der Waals surface area contributed by atoms with Crippen LogP contribution in [0.15, 0.2) is 72.8 Å². The lowest BCUT2D eigenvalue weighted by Gasteiger charge is -2.34. The molecular formula is C50H59Cl2I2N9O9. The van der Waals surface area contributed by atoms with Gasteiger partial charge in [0.25, 0.3) is 5.91 Å². The van der Waals surface area contributed by atoms with Gasteiger partial charge in [0.2, 0.25) is 11.9 Å². The standard InChI is InChI=1S/C29H33ClIN5O5.C21H26ClIN4O4/c1-29(2,3)41-28(39)32-19-11-9-15-35(17-19)27-34-24(31)23(36(27)16-18-10-5-7-13-21(18)30)25(37)33-22-14-8-6-12-20(22)26(38)40-4;1-21(2,3)31-20(30)24-14-8-6-10-26(12-14)19-25-17(23)16(18(28)29)27(19)11-13-7-4-5-9-15(13)22/h5-8,10,12-14,19H,9,11,15-17H2,1-4H3,(H,32,39)(H,33,37);4-5,7,9,14H,6,8,10-12H2,1-3H3,(H,24,30)(H,28,29)/t19-;14-/m11/s1. The third-order valence-corrected chi connectivity index (χ3v) is 13.5. The van der Waals surface area contributed by atoms with E-state index in [1.807, 2.05) is 133 Å². The summed E-state index contributed by atoms with van der Waals surface area (Å²) < 4.78 is 20.1. The summed E-state index contributed by atoms with van der Waals surface area (Å²) in [5, 5.41) is 19.7. The molecule has 0 radical (unpaired) electrons. The van der Waals surface area contributed by atoms with Gasteiger partial charge in [0.05, 0.1) is 31.5 Å². The quantitative estimate of drug-likeness (QED) is 0.0521. The highest BCUT2D eigenvalue weighted by atomic mass is 127. The summed E-state index contributed by atoms with van der Waals surface area (Å²) in [7, 11) is 1.29. The first-order valence-electron chi connectivity index (χ1n) is 23.2. The van der Waals surface area contributed by atoms with Gasteiger partial charge in [-0.15, -0.1) is 0 Å². The number of piperidine rings is 2. The summed E-state index contributed by atoms with van der Waals surface area (Å²) in [4.78, 5) is 76.1. The van der Waals surface area contributed by atoms with Gasteiger partial charge in [0, 0.05) is 48.3 Å². The first-order chi connectivity index (χ1) is 34.0. The number of carboxylic acids is 1. The number of nitrogens with zero attached hydrogens (tertiary/aromatic N) is 6. The van der Waals surface area contributed by atoms with Gasteiger partial charge >= 0.3 is 24.1 Å². The lowest BCUT2D eigenvalue weighted by Crippen LogP contribution is -2.49. The number of methoxy groups -OCH3 is 1. The number of carbonyl (C=O) groups excluding carboxylic acids is 4. The van der Waals surface area contributed by atoms with E-state index in [1.54, 1.807) is 41.0 Å². The van der Waals surface area contributed by atoms with Crippen molar-refractivity contribution in [3.63, 3.8) is 0 Å². The number of nitrogens with one attached hydrogen (secondary N) is 3. The van der Waals surface area contributed by atoms with Crippen molar-refractivity contribution < 1.29 is 43.3 Å². The summed E-state index contributed by atoms with van der Waals surface area (Å²) >= 11 is 16.8. The van der Waals surface area contributed by atoms with Gasteiger partial charge in [-0.1, -0.05) is 71.7 Å². The SMILES string of the molecule is CC(C)(C)OC(=O)N[C@@H]1CCCN(c2nc(I)c(C(=O)O)n2Cc2ccccc2Cl)C1.COC(=O)c1ccccc1NC(=O)c1c(I)nc(N2CCC[C@@H](NC(=O)OC(C)(C)C)C2)n1Cc1ccccc1Cl. The molecule has 2 saturated heterocycles. The molecule has 0 bridgehead atoms. The number of amides is 3. The smallest absolute Gasteiger partial charge is 0.407 e. The van der Waals surface area contributed by atoms with Crippen molar-refractivity contribution in [1.82, 2.24) is 29.7 Å². The Kier molecular flexibility index (Phi) is 19.1. The van der Waals surface area contributed by atoms with Gasteiger partial charge in [-0.2, -0.15) is 0 Å². The number of para-hydroxylation sites is 1. The van der Waals surface area contributed by atoms with E-state index in [4.69, 9.17) is 42.4 Å². The molecule has 7 rings (SSSR count). The Morgan fingerprint density at radius 2 is 1.11 bits per heavy atom. The van der Waals surface area contributed by atoms with Gasteiger partial charge in [-0.05, 0) is 148 Å². The Bertz CT molecular complexity index is 2770. The van der Waals surface area contributed by atoms with Crippen molar-refractivity contribution in [3.05, 3.63) is 118 Å². The number of rotatable bonds is 12. The Hall–Kier alpha value is -5.33. The highest BCUT2D eigenvalue weighted by Gasteiger charge is 2.33. The van der Waals surface area contributed by atoms with Crippen LogP contribution in [0.25, 0.3) is 0 Å². The predicted octanol–water partition coefficient (Wildman–Crippen LogP) is 10.1. The third-order valence-electron chi connectivity index (χ3n) is 11.2. The van der Waals surface area contributed by atoms with Crippen LogP contribution in [0.4, 0.5) is 27.2 Å². The number of imidazole rings is 2. The molecule has 0 spiro atoms. The number of ether oxygens (including phenoxy) is 3. The second kappa shape index (κ2) is 24.6. The summed E-state index contributed by atoms with van der Waals surface area (Å²) in [6.07, 6.45) is 2.31. The van der Waals surface area contributed by atoms with Crippen LogP contribution >= 0.6 is 68.4 Å². The molecule has 5 aromatic rings. The van der Waals surface area contributed by atoms with Gasteiger partial charge in [0.1, 0.15) is 24.3 Å². The zero-order valence-electron chi connectivity index (χ0n) is 41.1. The van der Waals surface area contributed by atoms with E-state index in [9.17, 15) is 29.1 Å². The Morgan fingerprint density at radius 1 is 0.681 bits per heavy atom. The molecule has 2 fully saturated rings. The monoisotopic (exact) mass is 1250 g/mol.